The molecule has 1 unspecified atom stereocenters. The molecule has 0 amide bonds. The normalized spacial score (nSPS) is 14.2. The Labute approximate surface area is 117 Å². The van der Waals surface area contributed by atoms with E-state index >= 15 is 0 Å². The first-order valence-corrected chi connectivity index (χ1v) is 7.27. The van der Waals surface area contributed by atoms with Crippen molar-refractivity contribution in [2.45, 2.75) is 45.1 Å². The third-order valence-electron chi connectivity index (χ3n) is 3.96. The topological polar surface area (TPSA) is 49.5 Å². The number of nitrogens with two attached hydrogens (primary N) is 1. The predicted molar refractivity (Wildman–Crippen MR) is 82.6 cm³/mol. The Kier molecular flexibility index (Phi) is 6.32. The van der Waals surface area contributed by atoms with Crippen LogP contribution in [0.4, 0.5) is 5.69 Å². The van der Waals surface area contributed by atoms with Crippen molar-refractivity contribution in [2.75, 3.05) is 25.0 Å². The molecule has 3 nitrogen and oxygen atoms in total. The number of aryl methyl sites for hydroxylation is 1. The second-order valence-electron chi connectivity index (χ2n) is 5.33. The summed E-state index contributed by atoms with van der Waals surface area (Å²) in [6.07, 6.45) is 3.51. The summed E-state index contributed by atoms with van der Waals surface area (Å²) < 4.78 is 0. The van der Waals surface area contributed by atoms with Gasteiger partial charge < -0.3 is 15.7 Å². The molecule has 0 aliphatic heterocycles. The second kappa shape index (κ2) is 7.51. The summed E-state index contributed by atoms with van der Waals surface area (Å²) in [6, 6.07) is 8.67. The van der Waals surface area contributed by atoms with Crippen LogP contribution in [0.3, 0.4) is 0 Å². The van der Waals surface area contributed by atoms with Gasteiger partial charge in [0.05, 0.1) is 5.60 Å². The summed E-state index contributed by atoms with van der Waals surface area (Å²) in [7, 11) is 2.09. The molecule has 0 aliphatic rings. The molecule has 0 saturated carbocycles. The number of hydrogen-bond donors (Lipinski definition) is 2. The minimum Gasteiger partial charge on any atom is -0.389 e. The Morgan fingerprint density at radius 3 is 2.32 bits per heavy atom. The van der Waals surface area contributed by atoms with Gasteiger partial charge in [-0.3, -0.25) is 0 Å². The molecule has 1 atom stereocenters. The molecule has 1 rings (SSSR count). The molecule has 1 aromatic rings. The maximum atomic E-state index is 10.1. The van der Waals surface area contributed by atoms with Crippen molar-refractivity contribution >= 4 is 5.69 Å². The molecular weight excluding hydrogens is 236 g/mol. The summed E-state index contributed by atoms with van der Waals surface area (Å²) in [5, 5.41) is 10.1. The highest BCUT2D eigenvalue weighted by Gasteiger charge is 2.21. The fourth-order valence-electron chi connectivity index (χ4n) is 2.18. The Morgan fingerprint density at radius 1 is 1.21 bits per heavy atom. The second-order valence-corrected chi connectivity index (χ2v) is 5.33. The molecule has 19 heavy (non-hydrogen) atoms. The molecule has 0 radical (unpaired) electrons. The van der Waals surface area contributed by atoms with E-state index < -0.39 is 5.60 Å². The molecule has 0 heterocycles. The fraction of sp³-hybridized carbons (Fsp3) is 0.625. The zero-order chi connectivity index (χ0) is 14.3. The highest BCUT2D eigenvalue weighted by Crippen LogP contribution is 2.18. The van der Waals surface area contributed by atoms with Gasteiger partial charge in [-0.1, -0.05) is 26.0 Å². The molecule has 0 bridgehead atoms. The first kappa shape index (κ1) is 16.0. The first-order chi connectivity index (χ1) is 9.04. The Hall–Kier alpha value is -1.06. The highest BCUT2D eigenvalue weighted by molar-refractivity contribution is 5.46. The molecule has 3 N–H and O–H groups in total. The Bertz CT molecular complexity index is 358. The van der Waals surface area contributed by atoms with E-state index in [1.807, 2.05) is 6.92 Å². The third-order valence-corrected chi connectivity index (χ3v) is 3.96. The van der Waals surface area contributed by atoms with Crippen molar-refractivity contribution < 1.29 is 5.11 Å². The quantitative estimate of drug-likeness (QED) is 0.758. The number of aliphatic hydroxyl groups is 1. The van der Waals surface area contributed by atoms with Gasteiger partial charge in [0, 0.05) is 25.8 Å². The van der Waals surface area contributed by atoms with E-state index in [0.29, 0.717) is 6.54 Å². The molecule has 1 aromatic carbocycles. The molecular formula is C16H28N2O. The van der Waals surface area contributed by atoms with Gasteiger partial charge in [0.2, 0.25) is 0 Å². The van der Waals surface area contributed by atoms with Crippen molar-refractivity contribution in [3.8, 4) is 0 Å². The van der Waals surface area contributed by atoms with E-state index in [0.717, 1.165) is 32.2 Å². The highest BCUT2D eigenvalue weighted by atomic mass is 16.3. The van der Waals surface area contributed by atoms with Crippen molar-refractivity contribution in [3.63, 3.8) is 0 Å². The average Bonchev–Trinajstić information content (AvgIpc) is 2.47. The summed E-state index contributed by atoms with van der Waals surface area (Å²) >= 11 is 0. The smallest absolute Gasteiger partial charge is 0.0767 e. The number of benzene rings is 1. The predicted octanol–water partition coefficient (Wildman–Crippen LogP) is 2.57. The van der Waals surface area contributed by atoms with Crippen molar-refractivity contribution in [1.82, 2.24) is 0 Å². The van der Waals surface area contributed by atoms with Crippen LogP contribution in [-0.4, -0.2) is 30.8 Å². The van der Waals surface area contributed by atoms with Crippen LogP contribution in [0.25, 0.3) is 0 Å². The minimum absolute atomic E-state index is 0.346. The number of rotatable bonds is 8. The summed E-state index contributed by atoms with van der Waals surface area (Å²) in [5.74, 6) is 0. The van der Waals surface area contributed by atoms with Gasteiger partial charge in [0.25, 0.3) is 0 Å². The third kappa shape index (κ3) is 4.84. The maximum absolute atomic E-state index is 10.1. The van der Waals surface area contributed by atoms with Crippen LogP contribution in [-0.2, 0) is 6.42 Å². The van der Waals surface area contributed by atoms with Gasteiger partial charge in [-0.25, -0.2) is 0 Å². The lowest BCUT2D eigenvalue weighted by Crippen LogP contribution is -2.37. The lowest BCUT2D eigenvalue weighted by atomic mass is 9.95. The van der Waals surface area contributed by atoms with E-state index in [9.17, 15) is 5.11 Å². The number of hydrogen-bond acceptors (Lipinski definition) is 3. The van der Waals surface area contributed by atoms with Crippen molar-refractivity contribution in [1.29, 1.82) is 0 Å². The Morgan fingerprint density at radius 2 is 1.84 bits per heavy atom. The van der Waals surface area contributed by atoms with E-state index in [2.05, 4.69) is 43.1 Å². The summed E-state index contributed by atoms with van der Waals surface area (Å²) in [4.78, 5) is 2.23. The van der Waals surface area contributed by atoms with Gasteiger partial charge in [-0.05, 0) is 43.4 Å². The fourth-order valence-corrected chi connectivity index (χ4v) is 2.18. The standard InChI is InChI=1S/C16H28N2O/c1-4-14-7-9-15(10-8-14)18(3)12-6-11-16(19,5-2)13-17/h7-10,19H,4-6,11-13,17H2,1-3H3. The van der Waals surface area contributed by atoms with Crippen LogP contribution in [0.5, 0.6) is 0 Å². The van der Waals surface area contributed by atoms with E-state index in [1.54, 1.807) is 0 Å². The Balaban J connectivity index is 2.44. The van der Waals surface area contributed by atoms with Gasteiger partial charge in [-0.2, -0.15) is 0 Å². The lowest BCUT2D eigenvalue weighted by Gasteiger charge is -2.26. The van der Waals surface area contributed by atoms with Crippen LogP contribution >= 0.6 is 0 Å². The summed E-state index contributed by atoms with van der Waals surface area (Å²) in [6.45, 7) is 5.43. The van der Waals surface area contributed by atoms with Gasteiger partial charge in [0.15, 0.2) is 0 Å². The maximum Gasteiger partial charge on any atom is 0.0767 e. The average molecular weight is 264 g/mol. The number of anilines is 1. The first-order valence-electron chi connectivity index (χ1n) is 7.27. The monoisotopic (exact) mass is 264 g/mol. The van der Waals surface area contributed by atoms with E-state index in [-0.39, 0.29) is 0 Å². The molecule has 0 spiro atoms. The molecule has 0 saturated heterocycles. The summed E-state index contributed by atoms with van der Waals surface area (Å²) in [5.41, 5.74) is 7.51. The SMILES string of the molecule is CCc1ccc(N(C)CCCC(O)(CC)CN)cc1. The van der Waals surface area contributed by atoms with Crippen LogP contribution in [0, 0.1) is 0 Å². The largest absolute Gasteiger partial charge is 0.389 e. The van der Waals surface area contributed by atoms with Crippen LogP contribution < -0.4 is 10.6 Å². The van der Waals surface area contributed by atoms with E-state index in [4.69, 9.17) is 5.73 Å². The van der Waals surface area contributed by atoms with Crippen LogP contribution in [0.1, 0.15) is 38.7 Å². The van der Waals surface area contributed by atoms with E-state index in [1.165, 1.54) is 11.3 Å². The zero-order valence-corrected chi connectivity index (χ0v) is 12.5. The molecule has 0 fully saturated rings. The van der Waals surface area contributed by atoms with Crippen LogP contribution in [0.2, 0.25) is 0 Å². The van der Waals surface area contributed by atoms with Crippen LogP contribution in [0.15, 0.2) is 24.3 Å². The lowest BCUT2D eigenvalue weighted by molar-refractivity contribution is 0.0350. The molecule has 108 valence electrons. The van der Waals surface area contributed by atoms with Gasteiger partial charge in [-0.15, -0.1) is 0 Å². The zero-order valence-electron chi connectivity index (χ0n) is 12.5. The number of nitrogens with zero attached hydrogens (tertiary/aromatic N) is 1. The van der Waals surface area contributed by atoms with Gasteiger partial charge in [0.1, 0.15) is 0 Å². The molecule has 0 aliphatic carbocycles. The van der Waals surface area contributed by atoms with Crippen molar-refractivity contribution in [3.05, 3.63) is 29.8 Å². The van der Waals surface area contributed by atoms with Gasteiger partial charge >= 0.3 is 0 Å². The molecule has 0 aromatic heterocycles. The minimum atomic E-state index is -0.688. The van der Waals surface area contributed by atoms with Crippen molar-refractivity contribution in [2.24, 2.45) is 5.73 Å². The molecule has 3 heteroatoms.